The molecule has 2 aromatic rings. The van der Waals surface area contributed by atoms with Crippen molar-refractivity contribution in [2.24, 2.45) is 0 Å². The van der Waals surface area contributed by atoms with Crippen molar-refractivity contribution in [2.75, 3.05) is 6.61 Å². The fourth-order valence-electron chi connectivity index (χ4n) is 2.32. The van der Waals surface area contributed by atoms with Crippen LogP contribution in [0.3, 0.4) is 0 Å². The lowest BCUT2D eigenvalue weighted by Crippen LogP contribution is -2.10. The Kier molecular flexibility index (Phi) is 4.21. The SMILES string of the molecule is CCOc1nc2c(CC)c([N+](=O)[O-])cc(CC)c2c(=O)o1. The van der Waals surface area contributed by atoms with E-state index < -0.39 is 10.5 Å². The minimum absolute atomic E-state index is 0.0256. The Morgan fingerprint density at radius 3 is 2.57 bits per heavy atom. The highest BCUT2D eigenvalue weighted by molar-refractivity contribution is 5.87. The molecule has 0 aliphatic rings. The maximum Gasteiger partial charge on any atom is 0.397 e. The van der Waals surface area contributed by atoms with Gasteiger partial charge in [-0.25, -0.2) is 4.79 Å². The first kappa shape index (κ1) is 15.0. The monoisotopic (exact) mass is 292 g/mol. The summed E-state index contributed by atoms with van der Waals surface area (Å²) in [5.74, 6) is 0. The van der Waals surface area contributed by atoms with Gasteiger partial charge in [0.25, 0.3) is 5.69 Å². The van der Waals surface area contributed by atoms with Gasteiger partial charge in [-0.1, -0.05) is 13.8 Å². The second kappa shape index (κ2) is 5.90. The molecule has 0 atom stereocenters. The second-order valence-corrected chi connectivity index (χ2v) is 4.42. The first-order chi connectivity index (χ1) is 10.0. The zero-order valence-corrected chi connectivity index (χ0v) is 12.1. The molecule has 0 saturated heterocycles. The first-order valence-electron chi connectivity index (χ1n) is 6.80. The molecule has 0 unspecified atom stereocenters. The van der Waals surface area contributed by atoms with Gasteiger partial charge < -0.3 is 9.15 Å². The van der Waals surface area contributed by atoms with Crippen LogP contribution in [-0.4, -0.2) is 16.5 Å². The third kappa shape index (κ3) is 2.58. The van der Waals surface area contributed by atoms with Crippen molar-refractivity contribution < 1.29 is 14.1 Å². The predicted octanol–water partition coefficient (Wildman–Crippen LogP) is 2.62. The minimum atomic E-state index is -0.579. The molecule has 0 bridgehead atoms. The van der Waals surface area contributed by atoms with E-state index in [1.165, 1.54) is 6.07 Å². The predicted molar refractivity (Wildman–Crippen MR) is 76.9 cm³/mol. The van der Waals surface area contributed by atoms with Crippen LogP contribution in [0.5, 0.6) is 6.08 Å². The summed E-state index contributed by atoms with van der Waals surface area (Å²) in [7, 11) is 0. The quantitative estimate of drug-likeness (QED) is 0.621. The standard InChI is InChI=1S/C14H16N2O5/c1-4-8-7-10(16(18)19)9(5-2)12-11(8)13(17)21-14(15-12)20-6-3/h7H,4-6H2,1-3H3. The number of nitro benzene ring substituents is 1. The molecular weight excluding hydrogens is 276 g/mol. The number of aryl methyl sites for hydroxylation is 2. The van der Waals surface area contributed by atoms with Crippen molar-refractivity contribution in [3.05, 3.63) is 37.7 Å². The lowest BCUT2D eigenvalue weighted by Gasteiger charge is -2.09. The van der Waals surface area contributed by atoms with Crippen molar-refractivity contribution in [1.82, 2.24) is 4.98 Å². The van der Waals surface area contributed by atoms with Gasteiger partial charge in [0, 0.05) is 6.07 Å². The van der Waals surface area contributed by atoms with Crippen LogP contribution in [0.2, 0.25) is 0 Å². The van der Waals surface area contributed by atoms with Crippen LogP contribution in [-0.2, 0) is 12.8 Å². The van der Waals surface area contributed by atoms with E-state index in [9.17, 15) is 14.9 Å². The summed E-state index contributed by atoms with van der Waals surface area (Å²) < 4.78 is 10.1. The fraction of sp³-hybridized carbons (Fsp3) is 0.429. The summed E-state index contributed by atoms with van der Waals surface area (Å²) in [6.45, 7) is 5.63. The summed E-state index contributed by atoms with van der Waals surface area (Å²) in [4.78, 5) is 27.1. The highest BCUT2D eigenvalue weighted by Gasteiger charge is 2.23. The van der Waals surface area contributed by atoms with Gasteiger partial charge in [-0.15, -0.1) is 0 Å². The van der Waals surface area contributed by atoms with Crippen LogP contribution in [0.25, 0.3) is 10.9 Å². The minimum Gasteiger partial charge on any atom is -0.450 e. The van der Waals surface area contributed by atoms with Gasteiger partial charge in [0.15, 0.2) is 0 Å². The van der Waals surface area contributed by atoms with Crippen molar-refractivity contribution in [2.45, 2.75) is 33.6 Å². The van der Waals surface area contributed by atoms with E-state index in [1.54, 1.807) is 13.8 Å². The van der Waals surface area contributed by atoms with E-state index in [4.69, 9.17) is 9.15 Å². The third-order valence-corrected chi connectivity index (χ3v) is 3.25. The lowest BCUT2D eigenvalue weighted by molar-refractivity contribution is -0.385. The van der Waals surface area contributed by atoms with Crippen molar-refractivity contribution in [1.29, 1.82) is 0 Å². The van der Waals surface area contributed by atoms with E-state index in [1.807, 2.05) is 6.92 Å². The summed E-state index contributed by atoms with van der Waals surface area (Å²) in [5, 5.41) is 11.5. The van der Waals surface area contributed by atoms with Crippen molar-refractivity contribution in [3.8, 4) is 6.08 Å². The molecule has 0 radical (unpaired) electrons. The summed E-state index contributed by atoms with van der Waals surface area (Å²) in [6, 6.07) is 1.43. The topological polar surface area (TPSA) is 95.5 Å². The molecule has 0 saturated carbocycles. The van der Waals surface area contributed by atoms with Crippen molar-refractivity contribution >= 4 is 16.6 Å². The molecule has 1 aromatic heterocycles. The van der Waals surface area contributed by atoms with E-state index in [-0.39, 0.29) is 11.8 Å². The van der Waals surface area contributed by atoms with Crippen LogP contribution in [0.1, 0.15) is 31.9 Å². The highest BCUT2D eigenvalue weighted by Crippen LogP contribution is 2.30. The first-order valence-corrected chi connectivity index (χ1v) is 6.80. The summed E-state index contributed by atoms with van der Waals surface area (Å²) >= 11 is 0. The second-order valence-electron chi connectivity index (χ2n) is 4.42. The summed E-state index contributed by atoms with van der Waals surface area (Å²) in [5.41, 5.74) is 0.662. The molecule has 7 nitrogen and oxygen atoms in total. The molecule has 112 valence electrons. The van der Waals surface area contributed by atoms with Crippen LogP contribution in [0.4, 0.5) is 5.69 Å². The number of nitrogens with zero attached hydrogens (tertiary/aromatic N) is 2. The lowest BCUT2D eigenvalue weighted by atomic mass is 10.00. The number of hydrogen-bond donors (Lipinski definition) is 0. The normalized spacial score (nSPS) is 10.8. The Morgan fingerprint density at radius 2 is 2.05 bits per heavy atom. The van der Waals surface area contributed by atoms with Crippen LogP contribution >= 0.6 is 0 Å². The molecule has 7 heteroatoms. The van der Waals surface area contributed by atoms with Gasteiger partial charge in [-0.05, 0) is 25.3 Å². The largest absolute Gasteiger partial charge is 0.450 e. The Morgan fingerprint density at radius 1 is 1.33 bits per heavy atom. The zero-order chi connectivity index (χ0) is 15.6. The van der Waals surface area contributed by atoms with Gasteiger partial charge in [-0.3, -0.25) is 10.1 Å². The molecule has 1 aromatic carbocycles. The zero-order valence-electron chi connectivity index (χ0n) is 12.1. The van der Waals surface area contributed by atoms with E-state index in [0.29, 0.717) is 41.5 Å². The Hall–Kier alpha value is -2.44. The molecular formula is C14H16N2O5. The van der Waals surface area contributed by atoms with Crippen LogP contribution in [0, 0.1) is 10.1 Å². The Bertz CT molecular complexity index is 751. The van der Waals surface area contributed by atoms with E-state index in [0.717, 1.165) is 0 Å². The van der Waals surface area contributed by atoms with Crippen LogP contribution < -0.4 is 10.4 Å². The molecule has 0 amide bonds. The molecule has 0 N–H and O–H groups in total. The summed E-state index contributed by atoms with van der Waals surface area (Å²) in [6.07, 6.45) is 0.702. The average molecular weight is 292 g/mol. The number of nitro groups is 1. The molecule has 0 fully saturated rings. The number of benzene rings is 1. The average Bonchev–Trinajstić information content (AvgIpc) is 2.45. The highest BCUT2D eigenvalue weighted by atomic mass is 16.6. The Balaban J connectivity index is 2.94. The number of hydrogen-bond acceptors (Lipinski definition) is 6. The van der Waals surface area contributed by atoms with E-state index >= 15 is 0 Å². The fourth-order valence-corrected chi connectivity index (χ4v) is 2.32. The third-order valence-electron chi connectivity index (χ3n) is 3.25. The number of aromatic nitrogens is 1. The maximum atomic E-state index is 12.1. The van der Waals surface area contributed by atoms with Gasteiger partial charge in [0.05, 0.1) is 28.0 Å². The van der Waals surface area contributed by atoms with E-state index in [2.05, 4.69) is 4.98 Å². The number of rotatable bonds is 5. The van der Waals surface area contributed by atoms with Gasteiger partial charge in [-0.2, -0.15) is 4.98 Å². The molecule has 0 aliphatic carbocycles. The smallest absolute Gasteiger partial charge is 0.397 e. The number of ether oxygens (including phenoxy) is 1. The van der Waals surface area contributed by atoms with Crippen LogP contribution in [0.15, 0.2) is 15.3 Å². The van der Waals surface area contributed by atoms with Crippen molar-refractivity contribution in [3.63, 3.8) is 0 Å². The molecule has 2 rings (SSSR count). The molecule has 1 heterocycles. The molecule has 0 spiro atoms. The maximum absolute atomic E-state index is 12.1. The van der Waals surface area contributed by atoms with Gasteiger partial charge in [0.1, 0.15) is 0 Å². The Labute approximate surface area is 120 Å². The number of fused-ring (bicyclic) bond motifs is 1. The molecule has 0 aliphatic heterocycles. The van der Waals surface area contributed by atoms with Gasteiger partial charge in [0.2, 0.25) is 0 Å². The molecule has 21 heavy (non-hydrogen) atoms. The van der Waals surface area contributed by atoms with Gasteiger partial charge >= 0.3 is 11.7 Å².